The minimum atomic E-state index is -0.185. The first kappa shape index (κ1) is 23.1. The maximum atomic E-state index is 12.3. The summed E-state index contributed by atoms with van der Waals surface area (Å²) in [5.74, 6) is 0.260. The molecule has 0 radical (unpaired) electrons. The zero-order chi connectivity index (χ0) is 23.1. The maximum absolute atomic E-state index is 12.3. The Morgan fingerprint density at radius 1 is 1.16 bits per heavy atom. The van der Waals surface area contributed by atoms with Crippen LogP contribution < -0.4 is 11.1 Å². The molecule has 0 atom stereocenters. The third-order valence-corrected chi connectivity index (χ3v) is 5.95. The molecule has 3 aromatic rings. The van der Waals surface area contributed by atoms with Gasteiger partial charge in [-0.05, 0) is 35.7 Å². The molecule has 1 amide bonds. The van der Waals surface area contributed by atoms with E-state index in [1.54, 1.807) is 24.3 Å². The van der Waals surface area contributed by atoms with Gasteiger partial charge in [0, 0.05) is 28.4 Å². The Bertz CT molecular complexity index is 1230. The molecule has 3 rings (SSSR count). The van der Waals surface area contributed by atoms with E-state index in [0.29, 0.717) is 27.1 Å². The van der Waals surface area contributed by atoms with Crippen molar-refractivity contribution in [3.63, 3.8) is 0 Å². The maximum Gasteiger partial charge on any atom is 0.225 e. The molecule has 8 heteroatoms. The largest absolute Gasteiger partial charge is 0.383 e. The number of anilines is 2. The molecule has 0 aliphatic rings. The van der Waals surface area contributed by atoms with Gasteiger partial charge >= 0.3 is 0 Å². The Morgan fingerprint density at radius 3 is 2.50 bits per heavy atom. The van der Waals surface area contributed by atoms with Crippen LogP contribution in [0.1, 0.15) is 30.0 Å². The number of amides is 1. The zero-order valence-corrected chi connectivity index (χ0v) is 18.9. The third kappa shape index (κ3) is 5.39. The average Bonchev–Trinajstić information content (AvgIpc) is 2.78. The van der Waals surface area contributed by atoms with Crippen molar-refractivity contribution in [1.29, 1.82) is 10.5 Å². The minimum Gasteiger partial charge on any atom is -0.383 e. The molecule has 2 aromatic carbocycles. The lowest BCUT2D eigenvalue weighted by Crippen LogP contribution is -2.12. The summed E-state index contributed by atoms with van der Waals surface area (Å²) in [4.78, 5) is 16.5. The minimum absolute atomic E-state index is 0.0620. The predicted octanol–water partition coefficient (Wildman–Crippen LogP) is 5.41. The van der Waals surface area contributed by atoms with Gasteiger partial charge in [-0.2, -0.15) is 10.5 Å². The van der Waals surface area contributed by atoms with Gasteiger partial charge in [0.1, 0.15) is 28.5 Å². The van der Waals surface area contributed by atoms with Crippen molar-refractivity contribution < 1.29 is 4.79 Å². The topological polar surface area (TPSA) is 116 Å². The van der Waals surface area contributed by atoms with Crippen LogP contribution in [-0.4, -0.2) is 16.6 Å². The molecule has 32 heavy (non-hydrogen) atoms. The first-order valence-corrected chi connectivity index (χ1v) is 11.2. The molecule has 6 nitrogen and oxygen atoms in total. The monoisotopic (exact) mass is 461 g/mol. The van der Waals surface area contributed by atoms with E-state index in [1.165, 1.54) is 11.8 Å². The Morgan fingerprint density at radius 2 is 1.88 bits per heavy atom. The zero-order valence-electron chi connectivity index (χ0n) is 17.4. The van der Waals surface area contributed by atoms with Crippen LogP contribution in [-0.2, 0) is 11.2 Å². The summed E-state index contributed by atoms with van der Waals surface area (Å²) in [5, 5.41) is 23.2. The van der Waals surface area contributed by atoms with Gasteiger partial charge in [0.05, 0.1) is 5.56 Å². The lowest BCUT2D eigenvalue weighted by molar-refractivity contribution is -0.115. The first-order chi connectivity index (χ1) is 15.5. The summed E-state index contributed by atoms with van der Waals surface area (Å²) in [5.41, 5.74) is 9.46. The number of thioether (sulfide) groups is 1. The Hall–Kier alpha value is -3.52. The second kappa shape index (κ2) is 10.7. The highest BCUT2D eigenvalue weighted by Gasteiger charge is 2.20. The van der Waals surface area contributed by atoms with E-state index in [9.17, 15) is 15.3 Å². The van der Waals surface area contributed by atoms with Crippen molar-refractivity contribution in [3.8, 4) is 23.3 Å². The van der Waals surface area contributed by atoms with E-state index >= 15 is 0 Å². The summed E-state index contributed by atoms with van der Waals surface area (Å²) in [6.07, 6.45) is 1.08. The van der Waals surface area contributed by atoms with Gasteiger partial charge in [0.25, 0.3) is 0 Å². The number of halogens is 1. The molecule has 0 saturated carbocycles. The predicted molar refractivity (Wildman–Crippen MR) is 128 cm³/mol. The molecular weight excluding hydrogens is 442 g/mol. The van der Waals surface area contributed by atoms with Crippen LogP contribution in [0.3, 0.4) is 0 Å². The highest BCUT2D eigenvalue weighted by Crippen LogP contribution is 2.36. The molecule has 0 aliphatic heterocycles. The number of nitrogens with two attached hydrogens (primary N) is 1. The number of nitrogens with one attached hydrogen (secondary N) is 1. The third-order valence-electron chi connectivity index (χ3n) is 4.74. The Balaban J connectivity index is 1.82. The quantitative estimate of drug-likeness (QED) is 0.454. The van der Waals surface area contributed by atoms with Crippen molar-refractivity contribution >= 4 is 40.8 Å². The fourth-order valence-corrected chi connectivity index (χ4v) is 4.25. The number of nitrogen functional groups attached to an aromatic ring is 1. The summed E-state index contributed by atoms with van der Waals surface area (Å²) in [6, 6.07) is 18.8. The van der Waals surface area contributed by atoms with Gasteiger partial charge in [-0.3, -0.25) is 4.79 Å². The van der Waals surface area contributed by atoms with Crippen LogP contribution >= 0.6 is 23.4 Å². The first-order valence-electron chi connectivity index (χ1n) is 9.88. The SMILES string of the molecule is CCc1ccc(-c2c(C#N)c(N)nc(SCCC(=O)Nc3cccc(Cl)c3)c2C#N)cc1. The normalized spacial score (nSPS) is 10.2. The molecule has 160 valence electrons. The van der Waals surface area contributed by atoms with Crippen molar-refractivity contribution in [1.82, 2.24) is 4.98 Å². The van der Waals surface area contributed by atoms with Crippen LogP contribution in [0.2, 0.25) is 5.02 Å². The van der Waals surface area contributed by atoms with E-state index in [-0.39, 0.29) is 29.3 Å². The number of hydrogen-bond donors (Lipinski definition) is 2. The van der Waals surface area contributed by atoms with Gasteiger partial charge in [-0.1, -0.05) is 48.9 Å². The summed E-state index contributed by atoms with van der Waals surface area (Å²) >= 11 is 7.19. The average molecular weight is 462 g/mol. The van der Waals surface area contributed by atoms with Crippen LogP contribution in [0.5, 0.6) is 0 Å². The lowest BCUT2D eigenvalue weighted by atomic mass is 9.96. The number of nitrogens with zero attached hydrogens (tertiary/aromatic N) is 3. The summed E-state index contributed by atoms with van der Waals surface area (Å²) in [6.45, 7) is 2.05. The number of carbonyl (C=O) groups excluding carboxylic acids is 1. The molecule has 1 heterocycles. The second-order valence-electron chi connectivity index (χ2n) is 6.86. The highest BCUT2D eigenvalue weighted by atomic mass is 35.5. The van der Waals surface area contributed by atoms with E-state index in [1.807, 2.05) is 24.3 Å². The van der Waals surface area contributed by atoms with E-state index < -0.39 is 0 Å². The molecule has 0 bridgehead atoms. The van der Waals surface area contributed by atoms with Gasteiger partial charge < -0.3 is 11.1 Å². The van der Waals surface area contributed by atoms with E-state index in [4.69, 9.17) is 17.3 Å². The molecule has 0 saturated heterocycles. The van der Waals surface area contributed by atoms with Crippen molar-refractivity contribution in [3.05, 3.63) is 70.2 Å². The van der Waals surface area contributed by atoms with E-state index in [2.05, 4.69) is 29.4 Å². The number of hydrogen-bond acceptors (Lipinski definition) is 6. The second-order valence-corrected chi connectivity index (χ2v) is 8.38. The number of aryl methyl sites for hydroxylation is 1. The van der Waals surface area contributed by atoms with Crippen LogP contribution in [0.15, 0.2) is 53.6 Å². The van der Waals surface area contributed by atoms with Gasteiger partial charge in [-0.15, -0.1) is 11.8 Å². The van der Waals surface area contributed by atoms with Crippen LogP contribution in [0.25, 0.3) is 11.1 Å². The Labute approximate surface area is 196 Å². The highest BCUT2D eigenvalue weighted by molar-refractivity contribution is 7.99. The van der Waals surface area contributed by atoms with Crippen LogP contribution in [0.4, 0.5) is 11.5 Å². The lowest BCUT2D eigenvalue weighted by Gasteiger charge is -2.13. The summed E-state index contributed by atoms with van der Waals surface area (Å²) < 4.78 is 0. The van der Waals surface area contributed by atoms with Crippen molar-refractivity contribution in [2.75, 3.05) is 16.8 Å². The number of rotatable bonds is 7. The molecule has 0 spiro atoms. The Kier molecular flexibility index (Phi) is 7.72. The fraction of sp³-hybridized carbons (Fsp3) is 0.167. The summed E-state index contributed by atoms with van der Waals surface area (Å²) in [7, 11) is 0. The standard InChI is InChI=1S/C24H20ClN5OS/c1-2-15-6-8-16(9-7-15)22-19(13-26)23(28)30-24(20(22)14-27)32-11-10-21(31)29-18-5-3-4-17(25)12-18/h3-9,12H,2,10-11H2,1H3,(H2,28,30)(H,29,31). The van der Waals surface area contributed by atoms with Crippen LogP contribution in [0, 0.1) is 22.7 Å². The van der Waals surface area contributed by atoms with E-state index in [0.717, 1.165) is 17.5 Å². The molecular formula is C24H20ClN5OS. The molecule has 0 fully saturated rings. The molecule has 1 aromatic heterocycles. The van der Waals surface area contributed by atoms with Crippen molar-refractivity contribution in [2.45, 2.75) is 24.8 Å². The number of carbonyl (C=O) groups is 1. The molecule has 3 N–H and O–H groups in total. The number of benzene rings is 2. The molecule has 0 unspecified atom stereocenters. The number of nitriles is 2. The molecule has 0 aliphatic carbocycles. The smallest absolute Gasteiger partial charge is 0.225 e. The van der Waals surface area contributed by atoms with Crippen molar-refractivity contribution in [2.24, 2.45) is 0 Å². The van der Waals surface area contributed by atoms with Gasteiger partial charge in [0.2, 0.25) is 5.91 Å². The number of pyridine rings is 1. The number of aromatic nitrogens is 1. The van der Waals surface area contributed by atoms with Gasteiger partial charge in [-0.25, -0.2) is 4.98 Å². The van der Waals surface area contributed by atoms with Gasteiger partial charge in [0.15, 0.2) is 0 Å². The fourth-order valence-electron chi connectivity index (χ4n) is 3.13.